The molecule has 2 aromatic carbocycles. The number of benzene rings is 2. The average molecular weight is 415 g/mol. The lowest BCUT2D eigenvalue weighted by Gasteiger charge is -2.16. The van der Waals surface area contributed by atoms with Crippen LogP contribution < -0.4 is 10.1 Å². The van der Waals surface area contributed by atoms with Crippen LogP contribution in [-0.4, -0.2) is 43.1 Å². The van der Waals surface area contributed by atoms with Gasteiger partial charge in [-0.05, 0) is 43.7 Å². The number of halogens is 1. The SMILES string of the molecule is COc1ccccc1NC1=C(c2ccc(Cl)cc2)C(=O)N(CCOC(C)C)C1=O. The smallest absolute Gasteiger partial charge is 0.278 e. The maximum Gasteiger partial charge on any atom is 0.278 e. The minimum Gasteiger partial charge on any atom is -0.495 e. The molecule has 0 saturated heterocycles. The normalized spacial score (nSPS) is 14.2. The molecule has 2 amide bonds. The van der Waals surface area contributed by atoms with Gasteiger partial charge in [0.05, 0.1) is 37.6 Å². The largest absolute Gasteiger partial charge is 0.495 e. The van der Waals surface area contributed by atoms with E-state index >= 15 is 0 Å². The number of hydrogen-bond donors (Lipinski definition) is 1. The molecule has 2 aromatic rings. The maximum atomic E-state index is 13.1. The Morgan fingerprint density at radius 3 is 2.38 bits per heavy atom. The Balaban J connectivity index is 1.98. The number of imide groups is 1. The fourth-order valence-electron chi connectivity index (χ4n) is 3.04. The van der Waals surface area contributed by atoms with Crippen molar-refractivity contribution in [2.45, 2.75) is 20.0 Å². The molecule has 0 atom stereocenters. The van der Waals surface area contributed by atoms with Crippen LogP contribution >= 0.6 is 11.6 Å². The van der Waals surface area contributed by atoms with E-state index in [0.717, 1.165) is 0 Å². The third-order valence-corrected chi connectivity index (χ3v) is 4.69. The number of hydrogen-bond acceptors (Lipinski definition) is 5. The first-order chi connectivity index (χ1) is 13.9. The molecule has 7 heteroatoms. The lowest BCUT2D eigenvalue weighted by Crippen LogP contribution is -2.35. The third kappa shape index (κ3) is 4.60. The van der Waals surface area contributed by atoms with Crippen molar-refractivity contribution in [1.82, 2.24) is 4.90 Å². The van der Waals surface area contributed by atoms with Gasteiger partial charge in [-0.2, -0.15) is 0 Å². The van der Waals surface area contributed by atoms with Crippen LogP contribution in [0.25, 0.3) is 5.57 Å². The minimum absolute atomic E-state index is 0.0117. The van der Waals surface area contributed by atoms with Gasteiger partial charge in [0, 0.05) is 5.02 Å². The topological polar surface area (TPSA) is 67.9 Å². The van der Waals surface area contributed by atoms with E-state index < -0.39 is 5.91 Å². The van der Waals surface area contributed by atoms with E-state index in [1.54, 1.807) is 43.5 Å². The van der Waals surface area contributed by atoms with Gasteiger partial charge in [0.15, 0.2) is 0 Å². The molecule has 0 saturated carbocycles. The van der Waals surface area contributed by atoms with Gasteiger partial charge in [-0.3, -0.25) is 14.5 Å². The number of nitrogens with one attached hydrogen (secondary N) is 1. The summed E-state index contributed by atoms with van der Waals surface area (Å²) in [5.74, 6) is -0.211. The first-order valence-electron chi connectivity index (χ1n) is 9.30. The number of amides is 2. The molecule has 152 valence electrons. The number of carbonyl (C=O) groups excluding carboxylic acids is 2. The van der Waals surface area contributed by atoms with Crippen molar-refractivity contribution in [2.24, 2.45) is 0 Å². The summed E-state index contributed by atoms with van der Waals surface area (Å²) in [5, 5.41) is 3.65. The molecule has 3 rings (SSSR count). The fourth-order valence-corrected chi connectivity index (χ4v) is 3.17. The van der Waals surface area contributed by atoms with Crippen molar-refractivity contribution >= 4 is 34.7 Å². The lowest BCUT2D eigenvalue weighted by molar-refractivity contribution is -0.137. The van der Waals surface area contributed by atoms with Gasteiger partial charge in [-0.25, -0.2) is 0 Å². The molecule has 0 unspecified atom stereocenters. The minimum atomic E-state index is -0.404. The van der Waals surface area contributed by atoms with Crippen LogP contribution in [0, 0.1) is 0 Å². The predicted octanol–water partition coefficient (Wildman–Crippen LogP) is 3.97. The number of nitrogens with zero attached hydrogens (tertiary/aromatic N) is 1. The quantitative estimate of drug-likeness (QED) is 0.662. The average Bonchev–Trinajstić information content (AvgIpc) is 2.93. The molecule has 0 radical (unpaired) electrons. The van der Waals surface area contributed by atoms with Crippen LogP contribution in [0.15, 0.2) is 54.2 Å². The molecular weight excluding hydrogens is 392 g/mol. The van der Waals surface area contributed by atoms with Crippen molar-refractivity contribution in [2.75, 3.05) is 25.6 Å². The first-order valence-corrected chi connectivity index (χ1v) is 9.68. The number of ether oxygens (including phenoxy) is 2. The molecule has 29 heavy (non-hydrogen) atoms. The van der Waals surface area contributed by atoms with Crippen LogP contribution in [0.5, 0.6) is 5.75 Å². The molecule has 0 aliphatic carbocycles. The Labute approximate surface area is 175 Å². The third-order valence-electron chi connectivity index (χ3n) is 4.43. The Kier molecular flexibility index (Phi) is 6.56. The van der Waals surface area contributed by atoms with E-state index in [9.17, 15) is 9.59 Å². The second-order valence-electron chi connectivity index (χ2n) is 6.76. The molecule has 1 heterocycles. The Morgan fingerprint density at radius 1 is 1.03 bits per heavy atom. The van der Waals surface area contributed by atoms with Gasteiger partial charge < -0.3 is 14.8 Å². The van der Waals surface area contributed by atoms with Crippen molar-refractivity contribution in [3.8, 4) is 5.75 Å². The van der Waals surface area contributed by atoms with Crippen LogP contribution in [0.2, 0.25) is 5.02 Å². The monoisotopic (exact) mass is 414 g/mol. The van der Waals surface area contributed by atoms with Crippen LogP contribution in [0.3, 0.4) is 0 Å². The second kappa shape index (κ2) is 9.11. The Hall–Kier alpha value is -2.83. The molecule has 0 bridgehead atoms. The summed E-state index contributed by atoms with van der Waals surface area (Å²) in [6, 6.07) is 14.0. The predicted molar refractivity (Wildman–Crippen MR) is 113 cm³/mol. The van der Waals surface area contributed by atoms with Crippen molar-refractivity contribution < 1.29 is 19.1 Å². The summed E-state index contributed by atoms with van der Waals surface area (Å²) >= 11 is 5.99. The van der Waals surface area contributed by atoms with Crippen LogP contribution in [0.1, 0.15) is 19.4 Å². The lowest BCUT2D eigenvalue weighted by atomic mass is 10.0. The van der Waals surface area contributed by atoms with Gasteiger partial charge in [-0.1, -0.05) is 35.9 Å². The summed E-state index contributed by atoms with van der Waals surface area (Å²) in [6.07, 6.45) is 0.0117. The standard InChI is InChI=1S/C22H23ClN2O4/c1-14(2)29-13-12-25-21(26)19(15-8-10-16(23)11-9-15)20(22(25)27)24-17-6-4-5-7-18(17)28-3/h4-11,14,24H,12-13H2,1-3H3. The highest BCUT2D eigenvalue weighted by molar-refractivity contribution is 6.37. The molecule has 0 spiro atoms. The molecule has 0 aromatic heterocycles. The summed E-state index contributed by atoms with van der Waals surface area (Å²) in [6.45, 7) is 4.24. The molecule has 0 fully saturated rings. The Morgan fingerprint density at radius 2 is 1.72 bits per heavy atom. The van der Waals surface area contributed by atoms with Gasteiger partial charge in [0.2, 0.25) is 0 Å². The van der Waals surface area contributed by atoms with E-state index in [1.807, 2.05) is 26.0 Å². The van der Waals surface area contributed by atoms with E-state index in [1.165, 1.54) is 4.90 Å². The van der Waals surface area contributed by atoms with E-state index in [-0.39, 0.29) is 30.9 Å². The van der Waals surface area contributed by atoms with E-state index in [0.29, 0.717) is 27.6 Å². The summed E-state index contributed by atoms with van der Waals surface area (Å²) in [5.41, 5.74) is 1.70. The number of anilines is 1. The van der Waals surface area contributed by atoms with Gasteiger partial charge >= 0.3 is 0 Å². The molecule has 1 aliphatic heterocycles. The second-order valence-corrected chi connectivity index (χ2v) is 7.20. The highest BCUT2D eigenvalue weighted by atomic mass is 35.5. The van der Waals surface area contributed by atoms with Gasteiger partial charge in [0.1, 0.15) is 11.4 Å². The van der Waals surface area contributed by atoms with E-state index in [2.05, 4.69) is 5.32 Å². The zero-order valence-corrected chi connectivity index (χ0v) is 17.3. The Bertz CT molecular complexity index is 938. The van der Waals surface area contributed by atoms with E-state index in [4.69, 9.17) is 21.1 Å². The number of rotatable bonds is 8. The zero-order chi connectivity index (χ0) is 21.0. The molecule has 1 aliphatic rings. The molecule has 1 N–H and O–H groups in total. The van der Waals surface area contributed by atoms with Gasteiger partial charge in [-0.15, -0.1) is 0 Å². The first kappa shape index (κ1) is 20.9. The summed E-state index contributed by atoms with van der Waals surface area (Å²) in [7, 11) is 1.55. The highest BCUT2D eigenvalue weighted by Gasteiger charge is 2.39. The highest BCUT2D eigenvalue weighted by Crippen LogP contribution is 2.33. The van der Waals surface area contributed by atoms with Crippen molar-refractivity contribution in [3.05, 3.63) is 64.8 Å². The van der Waals surface area contributed by atoms with Crippen LogP contribution in [-0.2, 0) is 14.3 Å². The van der Waals surface area contributed by atoms with Crippen molar-refractivity contribution in [3.63, 3.8) is 0 Å². The number of carbonyl (C=O) groups is 2. The van der Waals surface area contributed by atoms with Crippen molar-refractivity contribution in [1.29, 1.82) is 0 Å². The number of methoxy groups -OCH3 is 1. The number of para-hydroxylation sites is 2. The zero-order valence-electron chi connectivity index (χ0n) is 16.6. The van der Waals surface area contributed by atoms with Crippen LogP contribution in [0.4, 0.5) is 5.69 Å². The maximum absolute atomic E-state index is 13.1. The summed E-state index contributed by atoms with van der Waals surface area (Å²) in [4.78, 5) is 27.4. The van der Waals surface area contributed by atoms with Gasteiger partial charge in [0.25, 0.3) is 11.8 Å². The fraction of sp³-hybridized carbons (Fsp3) is 0.273. The summed E-state index contributed by atoms with van der Waals surface area (Å²) < 4.78 is 10.9. The molecule has 6 nitrogen and oxygen atoms in total. The molecular formula is C22H23ClN2O4.